The van der Waals surface area contributed by atoms with Crippen LogP contribution in [0.4, 0.5) is 8.78 Å². The Morgan fingerprint density at radius 2 is 1.88 bits per heavy atom. The predicted octanol–water partition coefficient (Wildman–Crippen LogP) is 4.47. The van der Waals surface area contributed by atoms with Crippen molar-refractivity contribution in [2.45, 2.75) is 20.5 Å². The number of aryl methyl sites for hydroxylation is 2. The Labute approximate surface area is 157 Å². The molecule has 0 unspecified atom stereocenters. The van der Waals surface area contributed by atoms with Gasteiger partial charge in [-0.05, 0) is 49.7 Å². The van der Waals surface area contributed by atoms with Crippen LogP contribution in [0.3, 0.4) is 0 Å². The molecule has 26 heavy (non-hydrogen) atoms. The summed E-state index contributed by atoms with van der Waals surface area (Å²) < 4.78 is 34.4. The highest BCUT2D eigenvalue weighted by Gasteiger charge is 2.11. The molecule has 0 radical (unpaired) electrons. The van der Waals surface area contributed by atoms with E-state index in [0.29, 0.717) is 5.82 Å². The van der Waals surface area contributed by atoms with Crippen LogP contribution < -0.4 is 10.3 Å². The van der Waals surface area contributed by atoms with Gasteiger partial charge < -0.3 is 4.74 Å². The van der Waals surface area contributed by atoms with Gasteiger partial charge in [0.05, 0.1) is 11.8 Å². The third kappa shape index (κ3) is 3.83. The molecule has 0 bridgehead atoms. The van der Waals surface area contributed by atoms with Crippen LogP contribution in [0, 0.1) is 25.5 Å². The summed E-state index contributed by atoms with van der Waals surface area (Å²) in [4.78, 5) is 16.8. The van der Waals surface area contributed by atoms with Gasteiger partial charge in [0.25, 0.3) is 5.56 Å². The van der Waals surface area contributed by atoms with Crippen LogP contribution in [0.5, 0.6) is 5.88 Å². The second-order valence-corrected chi connectivity index (χ2v) is 6.69. The van der Waals surface area contributed by atoms with Crippen LogP contribution >= 0.6 is 15.9 Å². The second-order valence-electron chi connectivity index (χ2n) is 5.77. The van der Waals surface area contributed by atoms with Gasteiger partial charge in [0, 0.05) is 16.1 Å². The van der Waals surface area contributed by atoms with Crippen molar-refractivity contribution in [2.24, 2.45) is 0 Å². The molecule has 0 saturated heterocycles. The fraction of sp³-hybridized carbons (Fsp3) is 0.158. The zero-order valence-electron chi connectivity index (χ0n) is 14.1. The van der Waals surface area contributed by atoms with E-state index in [0.717, 1.165) is 27.9 Å². The molecule has 0 amide bonds. The number of hydrogen-bond acceptors (Lipinski definition) is 3. The van der Waals surface area contributed by atoms with E-state index in [1.165, 1.54) is 16.7 Å². The Morgan fingerprint density at radius 1 is 1.12 bits per heavy atom. The van der Waals surface area contributed by atoms with E-state index in [9.17, 15) is 13.6 Å². The quantitative estimate of drug-likeness (QED) is 0.625. The lowest BCUT2D eigenvalue weighted by Crippen LogP contribution is -2.22. The normalized spacial score (nSPS) is 10.8. The summed E-state index contributed by atoms with van der Waals surface area (Å²) in [6.45, 7) is 3.43. The van der Waals surface area contributed by atoms with Gasteiger partial charge in [-0.15, -0.1) is 0 Å². The fourth-order valence-electron chi connectivity index (χ4n) is 2.60. The van der Waals surface area contributed by atoms with Gasteiger partial charge in [0.2, 0.25) is 5.88 Å². The van der Waals surface area contributed by atoms with Gasteiger partial charge in [0.1, 0.15) is 24.1 Å². The minimum absolute atomic E-state index is 0.0854. The van der Waals surface area contributed by atoms with Crippen molar-refractivity contribution < 1.29 is 13.5 Å². The van der Waals surface area contributed by atoms with Gasteiger partial charge >= 0.3 is 0 Å². The van der Waals surface area contributed by atoms with Crippen molar-refractivity contribution in [2.75, 3.05) is 0 Å². The maximum atomic E-state index is 13.7. The molecular formula is C19H15BrF2N2O2. The van der Waals surface area contributed by atoms with Crippen molar-refractivity contribution in [1.82, 2.24) is 9.55 Å². The average Bonchev–Trinajstić information content (AvgIpc) is 2.55. The number of rotatable bonds is 4. The first kappa shape index (κ1) is 18.3. The van der Waals surface area contributed by atoms with Crippen LogP contribution in [0.2, 0.25) is 0 Å². The molecule has 7 heteroatoms. The van der Waals surface area contributed by atoms with Gasteiger partial charge in [-0.2, -0.15) is 4.98 Å². The fourth-order valence-corrected chi connectivity index (χ4v) is 3.07. The first-order valence-corrected chi connectivity index (χ1v) is 8.58. The zero-order valence-corrected chi connectivity index (χ0v) is 15.7. The molecule has 0 fully saturated rings. The molecule has 0 spiro atoms. The Balaban J connectivity index is 1.88. The predicted molar refractivity (Wildman–Crippen MR) is 97.7 cm³/mol. The highest BCUT2D eigenvalue weighted by Crippen LogP contribution is 2.20. The Morgan fingerprint density at radius 3 is 2.54 bits per heavy atom. The third-order valence-corrected chi connectivity index (χ3v) is 4.35. The second kappa shape index (κ2) is 7.37. The smallest absolute Gasteiger partial charge is 0.261 e. The number of halogens is 3. The van der Waals surface area contributed by atoms with Crippen molar-refractivity contribution in [1.29, 1.82) is 0 Å². The molecule has 1 aromatic heterocycles. The van der Waals surface area contributed by atoms with Crippen LogP contribution in [0.25, 0.3) is 5.69 Å². The maximum absolute atomic E-state index is 13.7. The van der Waals surface area contributed by atoms with E-state index in [2.05, 4.69) is 20.9 Å². The number of benzene rings is 2. The summed E-state index contributed by atoms with van der Waals surface area (Å²) in [6.07, 6.45) is 0. The lowest BCUT2D eigenvalue weighted by atomic mass is 10.2. The van der Waals surface area contributed by atoms with Crippen LogP contribution in [0.15, 0.2) is 51.7 Å². The largest absolute Gasteiger partial charge is 0.472 e. The molecule has 1 heterocycles. The minimum atomic E-state index is -0.708. The first-order valence-electron chi connectivity index (χ1n) is 7.79. The van der Waals surface area contributed by atoms with E-state index in [1.54, 1.807) is 6.92 Å². The summed E-state index contributed by atoms with van der Waals surface area (Å²) in [5.74, 6) is -0.840. The van der Waals surface area contributed by atoms with Crippen molar-refractivity contribution in [3.63, 3.8) is 0 Å². The van der Waals surface area contributed by atoms with Gasteiger partial charge in [0.15, 0.2) is 0 Å². The van der Waals surface area contributed by atoms with Crippen LogP contribution in [0.1, 0.15) is 17.0 Å². The molecule has 2 aromatic carbocycles. The highest BCUT2D eigenvalue weighted by atomic mass is 79.9. The van der Waals surface area contributed by atoms with Crippen molar-refractivity contribution >= 4 is 15.9 Å². The first-order chi connectivity index (χ1) is 12.3. The molecule has 0 saturated carbocycles. The minimum Gasteiger partial charge on any atom is -0.472 e. The molecule has 3 rings (SSSR count). The number of aromatic nitrogens is 2. The molecule has 0 aliphatic carbocycles. The topological polar surface area (TPSA) is 44.1 Å². The molecule has 4 nitrogen and oxygen atoms in total. The highest BCUT2D eigenvalue weighted by molar-refractivity contribution is 9.10. The summed E-state index contributed by atoms with van der Waals surface area (Å²) in [5.41, 5.74) is 1.50. The number of ether oxygens (including phenoxy) is 1. The Hall–Kier alpha value is -2.54. The van der Waals surface area contributed by atoms with Crippen molar-refractivity contribution in [3.8, 4) is 11.6 Å². The number of hydrogen-bond donors (Lipinski definition) is 0. The summed E-state index contributed by atoms with van der Waals surface area (Å²) in [5, 5.41) is 0. The maximum Gasteiger partial charge on any atom is 0.261 e. The molecule has 0 aliphatic rings. The summed E-state index contributed by atoms with van der Waals surface area (Å²) in [6, 6.07) is 10.0. The van der Waals surface area contributed by atoms with Crippen LogP contribution in [-0.4, -0.2) is 9.55 Å². The third-order valence-electron chi connectivity index (χ3n) is 3.85. The Kier molecular flexibility index (Phi) is 5.18. The lowest BCUT2D eigenvalue weighted by molar-refractivity contribution is 0.285. The van der Waals surface area contributed by atoms with E-state index >= 15 is 0 Å². The van der Waals surface area contributed by atoms with E-state index in [1.807, 2.05) is 25.1 Å². The van der Waals surface area contributed by atoms with Crippen molar-refractivity contribution in [3.05, 3.63) is 85.9 Å². The van der Waals surface area contributed by atoms with Crippen LogP contribution in [-0.2, 0) is 6.61 Å². The Bertz CT molecular complexity index is 1030. The van der Waals surface area contributed by atoms with Gasteiger partial charge in [-0.1, -0.05) is 15.9 Å². The molecule has 0 N–H and O–H groups in total. The standard InChI is InChI=1S/C19H15BrF2N2O2/c1-11-7-14(20)4-6-17(11)24-12(2)23-18(9-19(24)25)26-10-13-3-5-15(21)8-16(13)22/h3-9H,10H2,1-2H3. The van der Waals surface area contributed by atoms with E-state index < -0.39 is 11.6 Å². The molecule has 134 valence electrons. The summed E-state index contributed by atoms with van der Waals surface area (Å²) in [7, 11) is 0. The van der Waals surface area contributed by atoms with Gasteiger partial charge in [-0.3, -0.25) is 9.36 Å². The van der Waals surface area contributed by atoms with E-state index in [4.69, 9.17) is 4.74 Å². The molecule has 3 aromatic rings. The van der Waals surface area contributed by atoms with Gasteiger partial charge in [-0.25, -0.2) is 8.78 Å². The zero-order chi connectivity index (χ0) is 18.8. The monoisotopic (exact) mass is 420 g/mol. The molecular weight excluding hydrogens is 406 g/mol. The summed E-state index contributed by atoms with van der Waals surface area (Å²) >= 11 is 3.39. The average molecular weight is 421 g/mol. The van der Waals surface area contributed by atoms with E-state index in [-0.39, 0.29) is 23.6 Å². The lowest BCUT2D eigenvalue weighted by Gasteiger charge is -2.14. The molecule has 0 aliphatic heterocycles. The SMILES string of the molecule is Cc1cc(Br)ccc1-n1c(C)nc(OCc2ccc(F)cc2F)cc1=O. The molecule has 0 atom stereocenters. The number of nitrogens with zero attached hydrogens (tertiary/aromatic N) is 2.